The maximum atomic E-state index is 13.0. The fourth-order valence-corrected chi connectivity index (χ4v) is 5.26. The maximum absolute atomic E-state index is 13.0. The highest BCUT2D eigenvalue weighted by Crippen LogP contribution is 2.29. The highest BCUT2D eigenvalue weighted by Gasteiger charge is 2.44. The van der Waals surface area contributed by atoms with Crippen molar-refractivity contribution in [3.63, 3.8) is 0 Å². The summed E-state index contributed by atoms with van der Waals surface area (Å²) in [4.78, 5) is 2.71. The standard InChI is InChI=1S/C20H24N2O3S/c1-16-7-9-18(10-8-16)26(23,24)22-14-19-20(15-22)25-12-11-21(19)13-17-5-3-2-4-6-17/h2-10,19-20H,11-15H2,1H3. The van der Waals surface area contributed by atoms with Crippen LogP contribution in [0.3, 0.4) is 0 Å². The van der Waals surface area contributed by atoms with Gasteiger partial charge in [-0.1, -0.05) is 48.0 Å². The van der Waals surface area contributed by atoms with Crippen LogP contribution in [0.25, 0.3) is 0 Å². The quantitative estimate of drug-likeness (QED) is 0.826. The lowest BCUT2D eigenvalue weighted by molar-refractivity contribution is -0.0502. The first-order valence-corrected chi connectivity index (χ1v) is 10.4. The molecular weight excluding hydrogens is 348 g/mol. The minimum atomic E-state index is -3.48. The van der Waals surface area contributed by atoms with E-state index in [1.165, 1.54) is 5.56 Å². The molecule has 2 heterocycles. The highest BCUT2D eigenvalue weighted by molar-refractivity contribution is 7.89. The predicted molar refractivity (Wildman–Crippen MR) is 100 cm³/mol. The Kier molecular flexibility index (Phi) is 4.84. The van der Waals surface area contributed by atoms with Gasteiger partial charge < -0.3 is 4.74 Å². The van der Waals surface area contributed by atoms with Crippen LogP contribution in [0.2, 0.25) is 0 Å². The Morgan fingerprint density at radius 1 is 1.04 bits per heavy atom. The first-order valence-electron chi connectivity index (χ1n) is 9.00. The van der Waals surface area contributed by atoms with Gasteiger partial charge in [-0.2, -0.15) is 4.31 Å². The van der Waals surface area contributed by atoms with Crippen LogP contribution >= 0.6 is 0 Å². The fraction of sp³-hybridized carbons (Fsp3) is 0.400. The van der Waals surface area contributed by atoms with Crippen LogP contribution < -0.4 is 0 Å². The van der Waals surface area contributed by atoms with Gasteiger partial charge in [0.2, 0.25) is 10.0 Å². The van der Waals surface area contributed by atoms with Crippen LogP contribution in [0.15, 0.2) is 59.5 Å². The van der Waals surface area contributed by atoms with Crippen LogP contribution in [-0.2, 0) is 21.3 Å². The average molecular weight is 372 g/mol. The van der Waals surface area contributed by atoms with Crippen molar-refractivity contribution in [3.05, 3.63) is 65.7 Å². The van der Waals surface area contributed by atoms with Gasteiger partial charge in [0, 0.05) is 26.2 Å². The second-order valence-electron chi connectivity index (χ2n) is 7.07. The molecule has 2 aliphatic rings. The van der Waals surface area contributed by atoms with Crippen LogP contribution in [0.1, 0.15) is 11.1 Å². The molecule has 2 aliphatic heterocycles. The summed E-state index contributed by atoms with van der Waals surface area (Å²) in [5, 5.41) is 0. The molecule has 2 fully saturated rings. The van der Waals surface area contributed by atoms with Gasteiger partial charge in [-0.05, 0) is 24.6 Å². The monoisotopic (exact) mass is 372 g/mol. The van der Waals surface area contributed by atoms with Crippen LogP contribution in [0.4, 0.5) is 0 Å². The topological polar surface area (TPSA) is 49.9 Å². The van der Waals surface area contributed by atoms with E-state index in [0.717, 1.165) is 18.7 Å². The first-order chi connectivity index (χ1) is 12.5. The first kappa shape index (κ1) is 17.7. The van der Waals surface area contributed by atoms with Crippen molar-refractivity contribution in [2.24, 2.45) is 0 Å². The van der Waals surface area contributed by atoms with Crippen LogP contribution in [0.5, 0.6) is 0 Å². The normalized spacial score (nSPS) is 24.5. The van der Waals surface area contributed by atoms with Gasteiger partial charge in [0.15, 0.2) is 0 Å². The van der Waals surface area contributed by atoms with Gasteiger partial charge in [-0.25, -0.2) is 8.42 Å². The Balaban J connectivity index is 1.52. The molecule has 0 aromatic heterocycles. The maximum Gasteiger partial charge on any atom is 0.243 e. The summed E-state index contributed by atoms with van der Waals surface area (Å²) in [6.07, 6.45) is -0.0623. The minimum absolute atomic E-state index is 0.0623. The summed E-state index contributed by atoms with van der Waals surface area (Å²) in [5.41, 5.74) is 2.30. The van der Waals surface area contributed by atoms with Crippen molar-refractivity contribution in [1.29, 1.82) is 0 Å². The molecule has 2 aromatic carbocycles. The third-order valence-corrected chi connectivity index (χ3v) is 7.12. The third kappa shape index (κ3) is 3.42. The summed E-state index contributed by atoms with van der Waals surface area (Å²) >= 11 is 0. The van der Waals surface area contributed by atoms with Gasteiger partial charge in [-0.3, -0.25) is 4.90 Å². The lowest BCUT2D eigenvalue weighted by Gasteiger charge is -2.36. The van der Waals surface area contributed by atoms with Crippen molar-refractivity contribution >= 4 is 10.0 Å². The van der Waals surface area contributed by atoms with E-state index in [0.29, 0.717) is 24.6 Å². The SMILES string of the molecule is Cc1ccc(S(=O)(=O)N2CC3OCCN(Cc4ccccc4)C3C2)cc1. The molecule has 6 heteroatoms. The molecule has 2 unspecified atom stereocenters. The molecule has 2 aromatic rings. The van der Waals surface area contributed by atoms with Gasteiger partial charge in [0.1, 0.15) is 0 Å². The smallest absolute Gasteiger partial charge is 0.243 e. The molecule has 0 saturated carbocycles. The number of sulfonamides is 1. The molecule has 0 spiro atoms. The zero-order chi connectivity index (χ0) is 18.1. The van der Waals surface area contributed by atoms with Crippen LogP contribution in [-0.4, -0.2) is 56.0 Å². The number of hydrogen-bond donors (Lipinski definition) is 0. The van der Waals surface area contributed by atoms with Gasteiger partial charge in [-0.15, -0.1) is 0 Å². The van der Waals surface area contributed by atoms with E-state index in [9.17, 15) is 8.42 Å². The fourth-order valence-electron chi connectivity index (χ4n) is 3.79. The Morgan fingerprint density at radius 2 is 1.77 bits per heavy atom. The Hall–Kier alpha value is -1.73. The van der Waals surface area contributed by atoms with Crippen molar-refractivity contribution < 1.29 is 13.2 Å². The van der Waals surface area contributed by atoms with E-state index in [2.05, 4.69) is 17.0 Å². The second kappa shape index (κ2) is 7.12. The van der Waals surface area contributed by atoms with E-state index >= 15 is 0 Å². The van der Waals surface area contributed by atoms with Crippen molar-refractivity contribution in [2.45, 2.75) is 30.5 Å². The minimum Gasteiger partial charge on any atom is -0.374 e. The Labute approximate surface area is 155 Å². The Morgan fingerprint density at radius 3 is 2.50 bits per heavy atom. The largest absolute Gasteiger partial charge is 0.374 e. The number of benzene rings is 2. The summed E-state index contributed by atoms with van der Waals surface area (Å²) in [7, 11) is -3.48. The number of nitrogens with zero attached hydrogens (tertiary/aromatic N) is 2. The molecule has 2 atom stereocenters. The van der Waals surface area contributed by atoms with Crippen molar-refractivity contribution in [3.8, 4) is 0 Å². The highest BCUT2D eigenvalue weighted by atomic mass is 32.2. The summed E-state index contributed by atoms with van der Waals surface area (Å²) in [6.45, 7) is 5.15. The van der Waals surface area contributed by atoms with E-state index in [1.807, 2.05) is 37.3 Å². The Bertz CT molecular complexity index is 852. The zero-order valence-electron chi connectivity index (χ0n) is 14.9. The average Bonchev–Trinajstić information content (AvgIpc) is 3.09. The number of hydrogen-bond acceptors (Lipinski definition) is 4. The molecular formula is C20H24N2O3S. The van der Waals surface area contributed by atoms with Gasteiger partial charge in [0.05, 0.1) is 23.6 Å². The molecule has 0 radical (unpaired) electrons. The van der Waals surface area contributed by atoms with Gasteiger partial charge >= 0.3 is 0 Å². The molecule has 0 amide bonds. The van der Waals surface area contributed by atoms with Crippen molar-refractivity contribution in [2.75, 3.05) is 26.2 Å². The molecule has 138 valence electrons. The third-order valence-electron chi connectivity index (χ3n) is 5.27. The molecule has 2 saturated heterocycles. The predicted octanol–water partition coefficient (Wildman–Crippen LogP) is 2.27. The number of ether oxygens (including phenoxy) is 1. The van der Waals surface area contributed by atoms with E-state index in [1.54, 1.807) is 16.4 Å². The number of aryl methyl sites for hydroxylation is 1. The lowest BCUT2D eigenvalue weighted by Crippen LogP contribution is -2.50. The molecule has 0 N–H and O–H groups in total. The number of fused-ring (bicyclic) bond motifs is 1. The molecule has 26 heavy (non-hydrogen) atoms. The second-order valence-corrected chi connectivity index (χ2v) is 9.01. The number of morpholine rings is 1. The number of rotatable bonds is 4. The molecule has 0 aliphatic carbocycles. The van der Waals surface area contributed by atoms with Crippen molar-refractivity contribution in [1.82, 2.24) is 9.21 Å². The zero-order valence-corrected chi connectivity index (χ0v) is 15.7. The van der Waals surface area contributed by atoms with E-state index in [-0.39, 0.29) is 12.1 Å². The summed E-state index contributed by atoms with van der Waals surface area (Å²) in [5.74, 6) is 0. The van der Waals surface area contributed by atoms with E-state index in [4.69, 9.17) is 4.74 Å². The van der Waals surface area contributed by atoms with E-state index < -0.39 is 10.0 Å². The lowest BCUT2D eigenvalue weighted by atomic mass is 10.1. The molecule has 0 bridgehead atoms. The van der Waals surface area contributed by atoms with Gasteiger partial charge in [0.25, 0.3) is 0 Å². The summed E-state index contributed by atoms with van der Waals surface area (Å²) < 4.78 is 33.5. The van der Waals surface area contributed by atoms with Crippen LogP contribution in [0, 0.1) is 6.92 Å². The summed E-state index contributed by atoms with van der Waals surface area (Å²) in [6, 6.07) is 17.5. The molecule has 4 rings (SSSR count). The molecule has 5 nitrogen and oxygen atoms in total.